The van der Waals surface area contributed by atoms with Gasteiger partial charge in [0.05, 0.1) is 0 Å². The van der Waals surface area contributed by atoms with Crippen LogP contribution in [0.5, 0.6) is 11.5 Å². The van der Waals surface area contributed by atoms with Crippen LogP contribution in [-0.4, -0.2) is 11.0 Å². The monoisotopic (exact) mass is 505 g/mol. The third kappa shape index (κ3) is 8.32. The van der Waals surface area contributed by atoms with Gasteiger partial charge in [-0.05, 0) is 0 Å². The van der Waals surface area contributed by atoms with E-state index in [-0.39, 0.29) is 32.6 Å². The Kier molecular flexibility index (Phi) is 10.3. The van der Waals surface area contributed by atoms with E-state index in [0.29, 0.717) is 15.3 Å². The summed E-state index contributed by atoms with van der Waals surface area (Å²) < 4.78 is 12.3. The average Bonchev–Trinajstić information content (AvgIpc) is 2.58. The molecule has 0 fully saturated rings. The largest absolute Gasteiger partial charge is 0.412 e. The van der Waals surface area contributed by atoms with E-state index < -0.39 is 0 Å². The molecule has 2 rings (SSSR count). The van der Waals surface area contributed by atoms with Gasteiger partial charge in [-0.1, -0.05) is 0 Å². The van der Waals surface area contributed by atoms with Crippen molar-refractivity contribution in [2.75, 3.05) is 0 Å². The van der Waals surface area contributed by atoms with E-state index in [1.807, 2.05) is 0 Å². The fraction of sp³-hybridized carbons (Fsp3) is 0.571. The zero-order valence-electron chi connectivity index (χ0n) is 22.6. The second-order valence-corrected chi connectivity index (χ2v) is 13.2. The second-order valence-electron chi connectivity index (χ2n) is 12.6. The van der Waals surface area contributed by atoms with Gasteiger partial charge >= 0.3 is 198 Å². The molecular weight excluding hydrogens is 459 g/mol. The maximum absolute atomic E-state index is 6.15. The van der Waals surface area contributed by atoms with Crippen molar-refractivity contribution in [2.45, 2.75) is 105 Å². The van der Waals surface area contributed by atoms with Crippen molar-refractivity contribution in [3.63, 3.8) is 0 Å². The van der Waals surface area contributed by atoms with E-state index in [1.165, 1.54) is 22.3 Å². The normalized spacial score (nSPS) is 12.6. The van der Waals surface area contributed by atoms with Crippen LogP contribution in [-0.2, 0) is 37.0 Å². The Labute approximate surface area is 208 Å². The molecule has 0 atom stereocenters. The van der Waals surface area contributed by atoms with E-state index in [4.69, 9.17) is 7.70 Å². The SMILES string of the molecule is CC(C)(C)c1ccc([O][Co][O]c2ccc(C(C)(C)C)cc2C(C)(C)C)c(C(C)(C)C)c1.O.O. The molecule has 2 aromatic carbocycles. The first kappa shape index (κ1) is 31.5. The Morgan fingerprint density at radius 1 is 0.485 bits per heavy atom. The topological polar surface area (TPSA) is 81.5 Å². The summed E-state index contributed by atoms with van der Waals surface area (Å²) in [5.74, 6) is 1.76. The van der Waals surface area contributed by atoms with Gasteiger partial charge in [-0.3, -0.25) is 0 Å². The summed E-state index contributed by atoms with van der Waals surface area (Å²) in [4.78, 5) is 0. The van der Waals surface area contributed by atoms with Crippen LogP contribution in [0.3, 0.4) is 0 Å². The van der Waals surface area contributed by atoms with Crippen LogP contribution in [0.4, 0.5) is 0 Å². The van der Waals surface area contributed by atoms with Crippen molar-refractivity contribution in [2.24, 2.45) is 0 Å². The summed E-state index contributed by atoms with van der Waals surface area (Å²) >= 11 is 0.511. The molecule has 0 spiro atoms. The van der Waals surface area contributed by atoms with Gasteiger partial charge in [0.15, 0.2) is 0 Å². The summed E-state index contributed by atoms with van der Waals surface area (Å²) in [6.07, 6.45) is 0. The van der Waals surface area contributed by atoms with Gasteiger partial charge in [0.2, 0.25) is 0 Å². The molecule has 5 heteroatoms. The van der Waals surface area contributed by atoms with Gasteiger partial charge in [-0.2, -0.15) is 0 Å². The first-order chi connectivity index (χ1) is 13.9. The molecule has 0 heterocycles. The van der Waals surface area contributed by atoms with Crippen molar-refractivity contribution in [1.82, 2.24) is 0 Å². The van der Waals surface area contributed by atoms with E-state index in [1.54, 1.807) is 0 Å². The Balaban J connectivity index is 0.00000512. The number of hydrogen-bond acceptors (Lipinski definition) is 2. The van der Waals surface area contributed by atoms with E-state index in [2.05, 4.69) is 119 Å². The molecular formula is C28H46CoO4. The van der Waals surface area contributed by atoms with E-state index >= 15 is 0 Å². The number of rotatable bonds is 4. The zero-order chi connectivity index (χ0) is 23.8. The fourth-order valence-corrected chi connectivity index (χ4v) is 3.96. The minimum absolute atomic E-state index is 0. The molecule has 33 heavy (non-hydrogen) atoms. The third-order valence-corrected chi connectivity index (χ3v) is 6.14. The molecule has 0 aromatic heterocycles. The second kappa shape index (κ2) is 10.8. The summed E-state index contributed by atoms with van der Waals surface area (Å²) in [6, 6.07) is 13.1. The first-order valence-electron chi connectivity index (χ1n) is 11.2. The van der Waals surface area contributed by atoms with Crippen LogP contribution in [0, 0.1) is 0 Å². The molecule has 0 bridgehead atoms. The fourth-order valence-electron chi connectivity index (χ4n) is 3.36. The number of benzene rings is 2. The van der Waals surface area contributed by atoms with Gasteiger partial charge in [0.1, 0.15) is 0 Å². The van der Waals surface area contributed by atoms with Crippen molar-refractivity contribution < 1.29 is 34.0 Å². The smallest absolute Gasteiger partial charge is 0.412 e. The number of hydrogen-bond donors (Lipinski definition) is 0. The minimum Gasteiger partial charge on any atom is -0.412 e. The molecule has 0 aliphatic heterocycles. The molecule has 4 N–H and O–H groups in total. The summed E-state index contributed by atoms with van der Waals surface area (Å²) in [6.45, 7) is 26.8. The summed E-state index contributed by atoms with van der Waals surface area (Å²) in [5.41, 5.74) is 5.20. The molecule has 0 unspecified atom stereocenters. The van der Waals surface area contributed by atoms with Crippen molar-refractivity contribution >= 4 is 0 Å². The van der Waals surface area contributed by atoms with Crippen LogP contribution >= 0.6 is 0 Å². The zero-order valence-corrected chi connectivity index (χ0v) is 23.7. The summed E-state index contributed by atoms with van der Waals surface area (Å²) in [5, 5.41) is 0. The van der Waals surface area contributed by atoms with Crippen LogP contribution < -0.4 is 7.70 Å². The minimum atomic E-state index is -0.0174. The Morgan fingerprint density at radius 2 is 0.788 bits per heavy atom. The molecule has 0 saturated carbocycles. The Morgan fingerprint density at radius 3 is 1.03 bits per heavy atom. The molecule has 2 aromatic rings. The van der Waals surface area contributed by atoms with Crippen molar-refractivity contribution in [3.05, 3.63) is 58.7 Å². The molecule has 0 aliphatic carbocycles. The predicted octanol–water partition coefficient (Wildman–Crippen LogP) is 6.60. The van der Waals surface area contributed by atoms with Gasteiger partial charge in [-0.15, -0.1) is 0 Å². The molecule has 0 saturated heterocycles. The van der Waals surface area contributed by atoms with Gasteiger partial charge in [-0.25, -0.2) is 0 Å². The maximum atomic E-state index is 6.15. The van der Waals surface area contributed by atoms with E-state index in [0.717, 1.165) is 11.5 Å². The van der Waals surface area contributed by atoms with Crippen LogP contribution in [0.25, 0.3) is 0 Å². The van der Waals surface area contributed by atoms with Crippen LogP contribution in [0.2, 0.25) is 0 Å². The molecule has 191 valence electrons. The molecule has 0 aliphatic rings. The van der Waals surface area contributed by atoms with Crippen LogP contribution in [0.1, 0.15) is 105 Å². The van der Waals surface area contributed by atoms with Crippen molar-refractivity contribution in [1.29, 1.82) is 0 Å². The predicted molar refractivity (Wildman–Crippen MR) is 136 cm³/mol. The van der Waals surface area contributed by atoms with Gasteiger partial charge in [0.25, 0.3) is 0 Å². The average molecular weight is 506 g/mol. The Bertz CT molecular complexity index is 832. The summed E-state index contributed by atoms with van der Waals surface area (Å²) in [7, 11) is 0. The first-order valence-corrected chi connectivity index (χ1v) is 12.0. The van der Waals surface area contributed by atoms with Crippen molar-refractivity contribution in [3.8, 4) is 11.5 Å². The molecule has 0 radical (unpaired) electrons. The van der Waals surface area contributed by atoms with Crippen LogP contribution in [0.15, 0.2) is 36.4 Å². The van der Waals surface area contributed by atoms with Gasteiger partial charge in [0, 0.05) is 0 Å². The molecule has 4 nitrogen and oxygen atoms in total. The maximum Gasteiger partial charge on any atom is -0.412 e. The quantitative estimate of drug-likeness (QED) is 0.469. The third-order valence-electron chi connectivity index (χ3n) is 5.51. The van der Waals surface area contributed by atoms with Gasteiger partial charge < -0.3 is 11.0 Å². The molecule has 0 amide bonds. The van der Waals surface area contributed by atoms with E-state index in [9.17, 15) is 0 Å². The Hall–Kier alpha value is -1.53. The standard InChI is InChI=1S/2C14H22O.Co.2H2O/c2*1-13(2,3)10-7-8-12(15)11(9-10)14(4,5)6;;;/h2*7-9,15H,1-6H3;;2*1H2/q;;+2;;/p-2.